The monoisotopic (exact) mass is 486 g/mol. The first-order chi connectivity index (χ1) is 15.0. The van der Waals surface area contributed by atoms with Crippen molar-refractivity contribution in [2.24, 2.45) is 5.73 Å². The zero-order valence-corrected chi connectivity index (χ0v) is 22.2. The van der Waals surface area contributed by atoms with Crippen molar-refractivity contribution in [3.05, 3.63) is 12.7 Å². The first-order valence-electron chi connectivity index (χ1n) is 10.9. The second-order valence-electron chi connectivity index (χ2n) is 7.19. The van der Waals surface area contributed by atoms with Crippen molar-refractivity contribution >= 4 is 13.9 Å². The third kappa shape index (κ3) is 27.0. The molecule has 32 heavy (non-hydrogen) atoms. The molecule has 2 unspecified atom stereocenters. The summed E-state index contributed by atoms with van der Waals surface area (Å²) in [6.45, 7) is 15.6. The van der Waals surface area contributed by atoms with Crippen LogP contribution >= 0.6 is 7.82 Å². The van der Waals surface area contributed by atoms with Gasteiger partial charge >= 0.3 is 13.9 Å². The molecule has 0 aliphatic rings. The summed E-state index contributed by atoms with van der Waals surface area (Å²) in [6.07, 6.45) is 2.80. The maximum Gasteiger partial charge on any atom is 0.475 e. The average molecular weight is 487 g/mol. The molecule has 0 aromatic carbocycles. The fourth-order valence-corrected chi connectivity index (χ4v) is 2.80. The number of phosphoric acid groups is 1. The van der Waals surface area contributed by atoms with Crippen molar-refractivity contribution in [3.63, 3.8) is 0 Å². The highest BCUT2D eigenvalue weighted by Gasteiger charge is 2.27. The molecule has 0 spiro atoms. The van der Waals surface area contributed by atoms with E-state index in [0.29, 0.717) is 6.61 Å². The van der Waals surface area contributed by atoms with Crippen LogP contribution in [0.1, 0.15) is 54.4 Å². The smallest absolute Gasteiger partial charge is 0.444 e. The molecule has 194 valence electrons. The Morgan fingerprint density at radius 3 is 2.22 bits per heavy atom. The van der Waals surface area contributed by atoms with Gasteiger partial charge in [-0.1, -0.05) is 33.3 Å². The van der Waals surface area contributed by atoms with Crippen molar-refractivity contribution in [1.82, 2.24) is 5.32 Å². The molecule has 11 heteroatoms. The topological polar surface area (TPSA) is 128 Å². The van der Waals surface area contributed by atoms with Gasteiger partial charge in [-0.05, 0) is 27.2 Å². The Labute approximate surface area is 195 Å². The maximum absolute atomic E-state index is 12.6. The summed E-state index contributed by atoms with van der Waals surface area (Å²) in [5, 5.41) is 2.49. The molecule has 0 bridgehead atoms. The Morgan fingerprint density at radius 1 is 1.12 bits per heavy atom. The molecule has 0 fully saturated rings. The van der Waals surface area contributed by atoms with E-state index in [1.165, 1.54) is 6.08 Å². The summed E-state index contributed by atoms with van der Waals surface area (Å²) >= 11 is 0. The molecule has 3 N–H and O–H groups in total. The van der Waals surface area contributed by atoms with E-state index in [9.17, 15) is 9.36 Å². The fourth-order valence-electron chi connectivity index (χ4n) is 1.60. The molecule has 0 radical (unpaired) electrons. The fraction of sp³-hybridized carbons (Fsp3) is 0.857. The lowest BCUT2D eigenvalue weighted by Crippen LogP contribution is -2.34. The molecule has 0 saturated heterocycles. The highest BCUT2D eigenvalue weighted by atomic mass is 31.2. The van der Waals surface area contributed by atoms with Crippen LogP contribution in [0.3, 0.4) is 0 Å². The summed E-state index contributed by atoms with van der Waals surface area (Å²) in [4.78, 5) is 11.6. The van der Waals surface area contributed by atoms with Crippen LogP contribution in [0.4, 0.5) is 4.79 Å². The summed E-state index contributed by atoms with van der Waals surface area (Å²) < 4.78 is 42.9. The lowest BCUT2D eigenvalue weighted by molar-refractivity contribution is 0.0504. The van der Waals surface area contributed by atoms with E-state index < -0.39 is 25.6 Å². The molecule has 2 atom stereocenters. The van der Waals surface area contributed by atoms with Crippen molar-refractivity contribution in [2.75, 3.05) is 53.8 Å². The second-order valence-corrected chi connectivity index (χ2v) is 8.86. The third-order valence-corrected chi connectivity index (χ3v) is 4.22. The molecule has 0 heterocycles. The van der Waals surface area contributed by atoms with Crippen LogP contribution in [0.5, 0.6) is 0 Å². The Kier molecular flexibility index (Phi) is 25.8. The van der Waals surface area contributed by atoms with Crippen molar-refractivity contribution in [1.29, 1.82) is 0 Å². The minimum atomic E-state index is -3.83. The zero-order chi connectivity index (χ0) is 25.5. The number of methoxy groups -OCH3 is 1. The van der Waals surface area contributed by atoms with E-state index >= 15 is 0 Å². The van der Waals surface area contributed by atoms with Gasteiger partial charge in [-0.25, -0.2) is 9.36 Å². The number of ether oxygens (including phenoxy) is 3. The molecule has 0 aromatic rings. The Bertz CT molecular complexity index is 487. The molecule has 0 aromatic heterocycles. The number of unbranched alkanes of at least 4 members (excludes halogenated alkanes) is 1. The van der Waals surface area contributed by atoms with Crippen LogP contribution in [0, 0.1) is 0 Å². The lowest BCUT2D eigenvalue weighted by Gasteiger charge is -2.21. The maximum atomic E-state index is 12.6. The van der Waals surface area contributed by atoms with Crippen molar-refractivity contribution in [2.45, 2.75) is 66.0 Å². The summed E-state index contributed by atoms with van der Waals surface area (Å²) in [7, 11) is -0.584. The van der Waals surface area contributed by atoms with Gasteiger partial charge in [0.05, 0.1) is 32.5 Å². The van der Waals surface area contributed by atoms with Gasteiger partial charge in [0.2, 0.25) is 0 Å². The van der Waals surface area contributed by atoms with Crippen molar-refractivity contribution in [3.8, 4) is 0 Å². The Morgan fingerprint density at radius 2 is 1.72 bits per heavy atom. The predicted octanol–water partition coefficient (Wildman–Crippen LogP) is 4.29. The highest BCUT2D eigenvalue weighted by molar-refractivity contribution is 7.48. The van der Waals surface area contributed by atoms with Gasteiger partial charge in [0.25, 0.3) is 0 Å². The largest absolute Gasteiger partial charge is 0.475 e. The van der Waals surface area contributed by atoms with Crippen LogP contribution < -0.4 is 11.1 Å². The molecule has 0 aliphatic carbocycles. The summed E-state index contributed by atoms with van der Waals surface area (Å²) in [5.74, 6) is 0. The normalized spacial score (nSPS) is 13.4. The van der Waals surface area contributed by atoms with Crippen LogP contribution in [0.25, 0.3) is 0 Å². The first kappa shape index (κ1) is 35.6. The molecule has 1 amide bonds. The number of phosphoric ester groups is 1. The minimum absolute atomic E-state index is 0.0149. The number of nitrogens with one attached hydrogen (secondary N) is 1. The van der Waals surface area contributed by atoms with Gasteiger partial charge in [-0.15, -0.1) is 6.58 Å². The molecular weight excluding hydrogens is 439 g/mol. The van der Waals surface area contributed by atoms with E-state index in [2.05, 4.69) is 23.6 Å². The molecule has 10 nitrogen and oxygen atoms in total. The SMILES string of the molecule is C=CCOP(=O)(OCCNC(=O)OC(C)(C)C)OCC(N)COCCCC.CC.COC. The van der Waals surface area contributed by atoms with Gasteiger partial charge in [0, 0.05) is 27.4 Å². The molecular formula is C21H47N2O8P. The number of hydrogen-bond donors (Lipinski definition) is 2. The number of hydrogen-bond acceptors (Lipinski definition) is 9. The van der Waals surface area contributed by atoms with Gasteiger partial charge in [-0.2, -0.15) is 0 Å². The van der Waals surface area contributed by atoms with Gasteiger partial charge < -0.3 is 25.3 Å². The van der Waals surface area contributed by atoms with Crippen molar-refractivity contribution < 1.29 is 37.1 Å². The average Bonchev–Trinajstić information content (AvgIpc) is 2.72. The van der Waals surface area contributed by atoms with Crippen LogP contribution in [0.15, 0.2) is 12.7 Å². The molecule has 0 rings (SSSR count). The highest BCUT2D eigenvalue weighted by Crippen LogP contribution is 2.49. The Balaban J connectivity index is -0.00000154. The first-order valence-corrected chi connectivity index (χ1v) is 12.3. The standard InChI is InChI=1S/C17H35N2O7P.C2H6O.C2H6/c1-6-8-11-22-13-15(18)14-25-27(21,23-10-7-2)24-12-9-19-16(20)26-17(3,4)5;1-3-2;1-2/h7,15H,2,6,8-14,18H2,1,3-5H3,(H,19,20);1-2H3;1-2H3. The molecule has 0 aliphatic heterocycles. The van der Waals surface area contributed by atoms with E-state index in [1.807, 2.05) is 13.8 Å². The predicted molar refractivity (Wildman–Crippen MR) is 128 cm³/mol. The second kappa shape index (κ2) is 23.2. The number of alkyl carbamates (subject to hydrolysis) is 1. The Hall–Kier alpha value is -1.00. The molecule has 0 saturated carbocycles. The third-order valence-electron chi connectivity index (χ3n) is 2.79. The number of carbonyl (C=O) groups is 1. The summed E-state index contributed by atoms with van der Waals surface area (Å²) in [6, 6.07) is -0.467. The minimum Gasteiger partial charge on any atom is -0.444 e. The van der Waals surface area contributed by atoms with Gasteiger partial charge in [-0.3, -0.25) is 13.6 Å². The number of amides is 1. The van der Waals surface area contributed by atoms with E-state index in [0.717, 1.165) is 12.8 Å². The van der Waals surface area contributed by atoms with E-state index in [-0.39, 0.29) is 33.0 Å². The van der Waals surface area contributed by atoms with Crippen LogP contribution in [-0.2, 0) is 32.3 Å². The lowest BCUT2D eigenvalue weighted by atomic mass is 10.2. The zero-order valence-electron chi connectivity index (χ0n) is 21.3. The number of carbonyl (C=O) groups excluding carboxylic acids is 1. The van der Waals surface area contributed by atoms with Crippen LogP contribution in [0.2, 0.25) is 0 Å². The van der Waals surface area contributed by atoms with Gasteiger partial charge in [0.15, 0.2) is 0 Å². The number of rotatable bonds is 15. The quantitative estimate of drug-likeness (QED) is 0.198. The van der Waals surface area contributed by atoms with Gasteiger partial charge in [0.1, 0.15) is 5.60 Å². The number of nitrogens with two attached hydrogens (primary N) is 1. The van der Waals surface area contributed by atoms with E-state index in [4.69, 9.17) is 28.8 Å². The van der Waals surface area contributed by atoms with Crippen LogP contribution in [-0.4, -0.2) is 71.5 Å². The van der Waals surface area contributed by atoms with E-state index in [1.54, 1.807) is 35.0 Å². The summed E-state index contributed by atoms with van der Waals surface area (Å²) in [5.41, 5.74) is 5.26.